The molecule has 5 nitrogen and oxygen atoms in total. The molecule has 2 rings (SSSR count). The quantitative estimate of drug-likeness (QED) is 0.901. The number of hydrogen-bond acceptors (Lipinski definition) is 3. The van der Waals surface area contributed by atoms with Gasteiger partial charge in [-0.2, -0.15) is 8.78 Å². The Bertz CT molecular complexity index is 550. The Hall–Kier alpha value is -2.02. The van der Waals surface area contributed by atoms with Gasteiger partial charge in [-0.1, -0.05) is 30.3 Å². The van der Waals surface area contributed by atoms with Gasteiger partial charge in [0.2, 0.25) is 0 Å². The van der Waals surface area contributed by atoms with Crippen LogP contribution in [0, 0.1) is 0 Å². The van der Waals surface area contributed by atoms with E-state index in [0.717, 1.165) is 4.90 Å². The number of alkyl halides is 2. The molecule has 1 saturated heterocycles. The fourth-order valence-corrected chi connectivity index (χ4v) is 2.64. The van der Waals surface area contributed by atoms with Crippen molar-refractivity contribution in [3.05, 3.63) is 35.9 Å². The van der Waals surface area contributed by atoms with E-state index in [2.05, 4.69) is 0 Å². The van der Waals surface area contributed by atoms with Crippen LogP contribution in [-0.4, -0.2) is 47.7 Å². The van der Waals surface area contributed by atoms with Gasteiger partial charge < -0.3 is 14.7 Å². The van der Waals surface area contributed by atoms with Gasteiger partial charge in [0.05, 0.1) is 12.5 Å². The molecule has 2 atom stereocenters. The average molecular weight is 313 g/mol. The van der Waals surface area contributed by atoms with Gasteiger partial charge in [-0.15, -0.1) is 0 Å². The molecule has 0 saturated carbocycles. The van der Waals surface area contributed by atoms with Crippen LogP contribution >= 0.6 is 0 Å². The molecular formula is C15H17F2NO4. The zero-order chi connectivity index (χ0) is 16.3. The smallest absolute Gasteiger partial charge is 0.349 e. The highest BCUT2D eigenvalue weighted by Gasteiger charge is 2.48. The maximum atomic E-state index is 14.4. The number of halogens is 2. The zero-order valence-electron chi connectivity index (χ0n) is 12.0. The predicted octanol–water partition coefficient (Wildman–Crippen LogP) is 1.87. The normalized spacial score (nSPS) is 21.9. The van der Waals surface area contributed by atoms with E-state index in [1.54, 1.807) is 6.07 Å². The first-order chi connectivity index (χ1) is 10.4. The lowest BCUT2D eigenvalue weighted by atomic mass is 10.1. The molecule has 1 N–H and O–H groups in total. The van der Waals surface area contributed by atoms with Gasteiger partial charge in [-0.05, 0) is 6.42 Å². The van der Waals surface area contributed by atoms with E-state index in [4.69, 9.17) is 9.84 Å². The van der Waals surface area contributed by atoms with E-state index >= 15 is 0 Å². The molecule has 7 heteroatoms. The van der Waals surface area contributed by atoms with Crippen molar-refractivity contribution in [1.82, 2.24) is 4.90 Å². The monoisotopic (exact) mass is 313 g/mol. The minimum absolute atomic E-state index is 0.0320. The van der Waals surface area contributed by atoms with Crippen molar-refractivity contribution in [1.29, 1.82) is 0 Å². The van der Waals surface area contributed by atoms with Crippen molar-refractivity contribution >= 4 is 11.9 Å². The van der Waals surface area contributed by atoms with Crippen LogP contribution in [0.15, 0.2) is 30.3 Å². The summed E-state index contributed by atoms with van der Waals surface area (Å²) in [5, 5.41) is 8.89. The molecule has 1 aromatic carbocycles. The van der Waals surface area contributed by atoms with Gasteiger partial charge in [0.15, 0.2) is 0 Å². The summed E-state index contributed by atoms with van der Waals surface area (Å²) in [6.07, 6.45) is -0.574. The number of benzene rings is 1. The second-order valence-corrected chi connectivity index (χ2v) is 5.24. The topological polar surface area (TPSA) is 66.8 Å². The van der Waals surface area contributed by atoms with Crippen LogP contribution in [0.3, 0.4) is 0 Å². The molecule has 120 valence electrons. The standard InChI is InChI=1S/C15H17F2NO4/c1-22-12-7-11(8-13(19)20)18(9-12)14(21)15(16,17)10-5-3-2-4-6-10/h2-6,11-12H,7-9H2,1H3,(H,19,20). The van der Waals surface area contributed by atoms with E-state index in [1.807, 2.05) is 0 Å². The van der Waals surface area contributed by atoms with E-state index in [-0.39, 0.29) is 19.4 Å². The van der Waals surface area contributed by atoms with Crippen LogP contribution in [0.25, 0.3) is 0 Å². The minimum atomic E-state index is -3.69. The molecule has 0 radical (unpaired) electrons. The molecule has 1 aliphatic heterocycles. The number of ether oxygens (including phenoxy) is 1. The van der Waals surface area contributed by atoms with E-state index < -0.39 is 35.5 Å². The Morgan fingerprint density at radius 1 is 1.36 bits per heavy atom. The number of nitrogens with zero attached hydrogens (tertiary/aromatic N) is 1. The van der Waals surface area contributed by atoms with E-state index in [9.17, 15) is 18.4 Å². The minimum Gasteiger partial charge on any atom is -0.481 e. The molecule has 0 aromatic heterocycles. The first-order valence-corrected chi connectivity index (χ1v) is 6.85. The summed E-state index contributed by atoms with van der Waals surface area (Å²) in [6, 6.07) is 5.99. The number of carboxylic acid groups (broad SMARTS) is 1. The summed E-state index contributed by atoms with van der Waals surface area (Å²) >= 11 is 0. The Kier molecular flexibility index (Phi) is 4.75. The zero-order valence-corrected chi connectivity index (χ0v) is 12.0. The van der Waals surface area contributed by atoms with E-state index in [0.29, 0.717) is 0 Å². The van der Waals surface area contributed by atoms with Gasteiger partial charge in [-0.3, -0.25) is 9.59 Å². The van der Waals surface area contributed by atoms with Crippen molar-refractivity contribution in [3.8, 4) is 0 Å². The number of hydrogen-bond donors (Lipinski definition) is 1. The van der Waals surface area contributed by atoms with E-state index in [1.165, 1.54) is 31.4 Å². The Morgan fingerprint density at radius 2 is 2.00 bits per heavy atom. The van der Waals surface area contributed by atoms with Crippen LogP contribution in [0.5, 0.6) is 0 Å². The summed E-state index contributed by atoms with van der Waals surface area (Å²) in [6.45, 7) is -0.0320. The highest BCUT2D eigenvalue weighted by molar-refractivity contribution is 5.86. The number of amides is 1. The molecule has 1 aromatic rings. The summed E-state index contributed by atoms with van der Waals surface area (Å²) in [4.78, 5) is 24.0. The summed E-state index contributed by atoms with van der Waals surface area (Å²) < 4.78 is 33.8. The molecule has 0 bridgehead atoms. The Balaban J connectivity index is 2.23. The van der Waals surface area contributed by atoms with Crippen molar-refractivity contribution < 1.29 is 28.2 Å². The van der Waals surface area contributed by atoms with Crippen LogP contribution in [0.4, 0.5) is 8.78 Å². The molecule has 1 amide bonds. The largest absolute Gasteiger partial charge is 0.481 e. The number of carbonyl (C=O) groups excluding carboxylic acids is 1. The second kappa shape index (κ2) is 6.39. The third-order valence-electron chi connectivity index (χ3n) is 3.79. The number of likely N-dealkylation sites (tertiary alicyclic amines) is 1. The Labute approximate surface area is 126 Å². The summed E-state index contributed by atoms with van der Waals surface area (Å²) in [5.41, 5.74) is -0.407. The van der Waals surface area contributed by atoms with Crippen molar-refractivity contribution in [2.75, 3.05) is 13.7 Å². The van der Waals surface area contributed by atoms with Crippen molar-refractivity contribution in [3.63, 3.8) is 0 Å². The highest BCUT2D eigenvalue weighted by atomic mass is 19.3. The second-order valence-electron chi connectivity index (χ2n) is 5.24. The lowest BCUT2D eigenvalue weighted by Gasteiger charge is -2.27. The molecule has 2 unspecified atom stereocenters. The van der Waals surface area contributed by atoms with Gasteiger partial charge in [0.25, 0.3) is 5.91 Å². The average Bonchev–Trinajstić information content (AvgIpc) is 2.89. The first-order valence-electron chi connectivity index (χ1n) is 6.85. The molecular weight excluding hydrogens is 296 g/mol. The van der Waals surface area contributed by atoms with Crippen LogP contribution in [0.1, 0.15) is 18.4 Å². The Morgan fingerprint density at radius 3 is 2.55 bits per heavy atom. The molecule has 1 heterocycles. The third-order valence-corrected chi connectivity index (χ3v) is 3.79. The number of rotatable bonds is 5. The highest BCUT2D eigenvalue weighted by Crippen LogP contribution is 2.34. The molecule has 22 heavy (non-hydrogen) atoms. The van der Waals surface area contributed by atoms with Gasteiger partial charge >= 0.3 is 11.9 Å². The molecule has 1 aliphatic rings. The van der Waals surface area contributed by atoms with Crippen LogP contribution < -0.4 is 0 Å². The number of methoxy groups -OCH3 is 1. The lowest BCUT2D eigenvalue weighted by molar-refractivity contribution is -0.161. The third kappa shape index (κ3) is 3.24. The fourth-order valence-electron chi connectivity index (χ4n) is 2.64. The maximum absolute atomic E-state index is 14.4. The molecule has 1 fully saturated rings. The van der Waals surface area contributed by atoms with Crippen molar-refractivity contribution in [2.24, 2.45) is 0 Å². The molecule has 0 aliphatic carbocycles. The SMILES string of the molecule is COC1CC(CC(=O)O)N(C(=O)C(F)(F)c2ccccc2)C1. The van der Waals surface area contributed by atoms with Crippen molar-refractivity contribution in [2.45, 2.75) is 30.9 Å². The first kappa shape index (κ1) is 16.4. The van der Waals surface area contributed by atoms with Gasteiger partial charge in [-0.25, -0.2) is 0 Å². The maximum Gasteiger partial charge on any atom is 0.349 e. The number of carbonyl (C=O) groups is 2. The van der Waals surface area contributed by atoms with Gasteiger partial charge in [0, 0.05) is 25.3 Å². The predicted molar refractivity (Wildman–Crippen MR) is 73.5 cm³/mol. The lowest BCUT2D eigenvalue weighted by Crippen LogP contribution is -2.45. The summed E-state index contributed by atoms with van der Waals surface area (Å²) in [7, 11) is 1.41. The van der Waals surface area contributed by atoms with Crippen LogP contribution in [0.2, 0.25) is 0 Å². The fraction of sp³-hybridized carbons (Fsp3) is 0.467. The molecule has 0 spiro atoms. The van der Waals surface area contributed by atoms with Gasteiger partial charge in [0.1, 0.15) is 0 Å². The number of aliphatic carboxylic acids is 1. The summed E-state index contributed by atoms with van der Waals surface area (Å²) in [5.74, 6) is -6.22. The van der Waals surface area contributed by atoms with Crippen LogP contribution in [-0.2, 0) is 20.2 Å². The number of carboxylic acids is 1.